The van der Waals surface area contributed by atoms with Crippen LogP contribution in [0.4, 0.5) is 19.0 Å². The lowest BCUT2D eigenvalue weighted by Crippen LogP contribution is -2.22. The van der Waals surface area contributed by atoms with Crippen LogP contribution in [0.25, 0.3) is 0 Å². The van der Waals surface area contributed by atoms with E-state index >= 15 is 0 Å². The molecule has 2 heterocycles. The summed E-state index contributed by atoms with van der Waals surface area (Å²) in [7, 11) is 0. The Morgan fingerprint density at radius 1 is 1.24 bits per heavy atom. The van der Waals surface area contributed by atoms with Gasteiger partial charge in [-0.25, -0.2) is 4.98 Å². The minimum atomic E-state index is -4.38. The Kier molecular flexibility index (Phi) is 2.29. The van der Waals surface area contributed by atoms with Crippen LogP contribution >= 0.6 is 0 Å². The van der Waals surface area contributed by atoms with E-state index in [9.17, 15) is 13.2 Å². The van der Waals surface area contributed by atoms with Gasteiger partial charge >= 0.3 is 6.18 Å². The third-order valence-corrected chi connectivity index (χ3v) is 3.45. The van der Waals surface area contributed by atoms with Crippen LogP contribution in [0, 0.1) is 11.8 Å². The van der Waals surface area contributed by atoms with E-state index in [1.807, 2.05) is 0 Å². The number of fused-ring (bicyclic) bond motifs is 1. The monoisotopic (exact) mass is 243 g/mol. The smallest absolute Gasteiger partial charge is 0.367 e. The van der Waals surface area contributed by atoms with Crippen LogP contribution in [-0.2, 0) is 6.18 Å². The number of pyridine rings is 1. The molecule has 17 heavy (non-hydrogen) atoms. The van der Waals surface area contributed by atoms with Gasteiger partial charge in [-0.2, -0.15) is 13.2 Å². The molecule has 2 unspecified atom stereocenters. The number of alkyl halides is 3. The Hall–Kier alpha value is -1.30. The van der Waals surface area contributed by atoms with Crippen molar-refractivity contribution < 1.29 is 13.2 Å². The molecular weight excluding hydrogens is 231 g/mol. The van der Waals surface area contributed by atoms with Crippen LogP contribution in [0.3, 0.4) is 0 Å². The zero-order valence-corrected chi connectivity index (χ0v) is 8.96. The molecular formula is C11H12F3N3. The number of anilines is 1. The second-order valence-electron chi connectivity index (χ2n) is 4.56. The largest absolute Gasteiger partial charge is 0.433 e. The quantitative estimate of drug-likeness (QED) is 0.830. The Balaban J connectivity index is 1.72. The zero-order chi connectivity index (χ0) is 12.0. The number of nitrogens with zero attached hydrogens (tertiary/aromatic N) is 1. The first kappa shape index (κ1) is 10.8. The van der Waals surface area contributed by atoms with Gasteiger partial charge in [0.05, 0.1) is 0 Å². The molecule has 6 heteroatoms. The topological polar surface area (TPSA) is 37.0 Å². The van der Waals surface area contributed by atoms with Crippen molar-refractivity contribution in [2.24, 2.45) is 11.8 Å². The summed E-state index contributed by atoms with van der Waals surface area (Å²) in [5.41, 5.74) is -0.841. The second-order valence-corrected chi connectivity index (χ2v) is 4.56. The fourth-order valence-electron chi connectivity index (χ4n) is 2.48. The molecule has 0 spiro atoms. The Labute approximate surface area is 96.4 Å². The summed E-state index contributed by atoms with van der Waals surface area (Å²) < 4.78 is 37.4. The molecule has 92 valence electrons. The van der Waals surface area contributed by atoms with E-state index in [0.29, 0.717) is 17.7 Å². The normalized spacial score (nSPS) is 31.1. The molecule has 1 aromatic heterocycles. The minimum Gasteiger partial charge on any atom is -0.367 e. The lowest BCUT2D eigenvalue weighted by molar-refractivity contribution is -0.141. The average Bonchev–Trinajstić information content (AvgIpc) is 2.74. The SMILES string of the molecule is FC(F)(F)c1cccc(NC2C3CNCC32)n1. The van der Waals surface area contributed by atoms with Gasteiger partial charge in [-0.3, -0.25) is 0 Å². The van der Waals surface area contributed by atoms with Gasteiger partial charge in [-0.1, -0.05) is 6.07 Å². The summed E-state index contributed by atoms with van der Waals surface area (Å²) >= 11 is 0. The molecule has 0 radical (unpaired) electrons. The van der Waals surface area contributed by atoms with Crippen LogP contribution in [-0.4, -0.2) is 24.1 Å². The predicted octanol–water partition coefficient (Wildman–Crippen LogP) is 1.73. The average molecular weight is 243 g/mol. The Morgan fingerprint density at radius 3 is 2.59 bits per heavy atom. The fourth-order valence-corrected chi connectivity index (χ4v) is 2.48. The maximum absolute atomic E-state index is 12.5. The molecule has 2 fully saturated rings. The fraction of sp³-hybridized carbons (Fsp3) is 0.545. The van der Waals surface area contributed by atoms with E-state index < -0.39 is 11.9 Å². The Bertz CT molecular complexity index is 422. The van der Waals surface area contributed by atoms with Crippen molar-refractivity contribution in [2.45, 2.75) is 12.2 Å². The molecule has 3 rings (SSSR count). The molecule has 2 atom stereocenters. The standard InChI is InChI=1S/C11H12F3N3/c12-11(13,14)8-2-1-3-9(16-8)17-10-6-4-15-5-7(6)10/h1-3,6-7,10,15H,4-5H2,(H,16,17). The molecule has 3 nitrogen and oxygen atoms in total. The molecule has 0 amide bonds. The van der Waals surface area contributed by atoms with Crippen molar-refractivity contribution in [3.05, 3.63) is 23.9 Å². The van der Waals surface area contributed by atoms with Crippen LogP contribution in [0.2, 0.25) is 0 Å². The van der Waals surface area contributed by atoms with E-state index in [-0.39, 0.29) is 6.04 Å². The number of piperidine rings is 1. The lowest BCUT2D eigenvalue weighted by atomic mass is 10.3. The first-order valence-electron chi connectivity index (χ1n) is 5.57. The summed E-state index contributed by atoms with van der Waals surface area (Å²) in [6.07, 6.45) is -4.38. The molecule has 0 bridgehead atoms. The van der Waals surface area contributed by atoms with Crippen molar-refractivity contribution in [3.8, 4) is 0 Å². The van der Waals surface area contributed by atoms with Crippen LogP contribution in [0.5, 0.6) is 0 Å². The van der Waals surface area contributed by atoms with Crippen molar-refractivity contribution >= 4 is 5.82 Å². The van der Waals surface area contributed by atoms with E-state index in [0.717, 1.165) is 19.2 Å². The van der Waals surface area contributed by atoms with E-state index in [1.165, 1.54) is 6.07 Å². The van der Waals surface area contributed by atoms with E-state index in [2.05, 4.69) is 15.6 Å². The second kappa shape index (κ2) is 3.60. The summed E-state index contributed by atoms with van der Waals surface area (Å²) in [5.74, 6) is 1.41. The van der Waals surface area contributed by atoms with Gasteiger partial charge < -0.3 is 10.6 Å². The summed E-state index contributed by atoms with van der Waals surface area (Å²) in [4.78, 5) is 3.59. The van der Waals surface area contributed by atoms with Gasteiger partial charge in [0.1, 0.15) is 11.5 Å². The predicted molar refractivity (Wildman–Crippen MR) is 56.5 cm³/mol. The molecule has 1 aromatic rings. The highest BCUT2D eigenvalue weighted by Gasteiger charge is 2.53. The molecule has 1 aliphatic heterocycles. The maximum atomic E-state index is 12.5. The summed E-state index contributed by atoms with van der Waals surface area (Å²) in [6.45, 7) is 1.89. The molecule has 2 N–H and O–H groups in total. The molecule has 2 aliphatic rings. The van der Waals surface area contributed by atoms with Gasteiger partial charge in [-0.05, 0) is 24.0 Å². The van der Waals surface area contributed by atoms with Gasteiger partial charge in [0.15, 0.2) is 0 Å². The number of hydrogen-bond donors (Lipinski definition) is 2. The van der Waals surface area contributed by atoms with Crippen LogP contribution in [0.15, 0.2) is 18.2 Å². The summed E-state index contributed by atoms with van der Waals surface area (Å²) in [5, 5.41) is 6.31. The first-order valence-corrected chi connectivity index (χ1v) is 5.57. The molecule has 0 aromatic carbocycles. The summed E-state index contributed by atoms with van der Waals surface area (Å²) in [6, 6.07) is 4.23. The van der Waals surface area contributed by atoms with E-state index in [1.54, 1.807) is 6.07 Å². The Morgan fingerprint density at radius 2 is 1.94 bits per heavy atom. The van der Waals surface area contributed by atoms with Crippen molar-refractivity contribution in [1.29, 1.82) is 0 Å². The van der Waals surface area contributed by atoms with Gasteiger partial charge in [0, 0.05) is 19.1 Å². The van der Waals surface area contributed by atoms with Gasteiger partial charge in [0.2, 0.25) is 0 Å². The maximum Gasteiger partial charge on any atom is 0.433 e. The van der Waals surface area contributed by atoms with Gasteiger partial charge in [-0.15, -0.1) is 0 Å². The highest BCUT2D eigenvalue weighted by Crippen LogP contribution is 2.43. The number of halogens is 3. The number of hydrogen-bond acceptors (Lipinski definition) is 3. The third-order valence-electron chi connectivity index (χ3n) is 3.45. The first-order chi connectivity index (χ1) is 8.05. The number of rotatable bonds is 2. The van der Waals surface area contributed by atoms with E-state index in [4.69, 9.17) is 0 Å². The van der Waals surface area contributed by atoms with Crippen molar-refractivity contribution in [2.75, 3.05) is 18.4 Å². The van der Waals surface area contributed by atoms with Crippen molar-refractivity contribution in [3.63, 3.8) is 0 Å². The van der Waals surface area contributed by atoms with Crippen molar-refractivity contribution in [1.82, 2.24) is 10.3 Å². The number of aromatic nitrogens is 1. The minimum absolute atomic E-state index is 0.284. The molecule has 1 saturated heterocycles. The third kappa shape index (κ3) is 1.97. The molecule has 1 saturated carbocycles. The van der Waals surface area contributed by atoms with Crippen LogP contribution < -0.4 is 10.6 Å². The highest BCUT2D eigenvalue weighted by molar-refractivity contribution is 5.40. The van der Waals surface area contributed by atoms with Gasteiger partial charge in [0.25, 0.3) is 0 Å². The van der Waals surface area contributed by atoms with Crippen LogP contribution in [0.1, 0.15) is 5.69 Å². The highest BCUT2D eigenvalue weighted by atomic mass is 19.4. The lowest BCUT2D eigenvalue weighted by Gasteiger charge is -2.10. The molecule has 1 aliphatic carbocycles. The number of nitrogens with one attached hydrogen (secondary N) is 2. The zero-order valence-electron chi connectivity index (χ0n) is 8.96.